The first-order valence-electron chi connectivity index (χ1n) is 10.1. The van der Waals surface area contributed by atoms with Crippen LogP contribution in [0.2, 0.25) is 0 Å². The van der Waals surface area contributed by atoms with Crippen molar-refractivity contribution in [1.29, 1.82) is 0 Å². The molecule has 0 aromatic heterocycles. The number of benzene rings is 4. The van der Waals surface area contributed by atoms with Crippen molar-refractivity contribution >= 4 is 27.3 Å². The van der Waals surface area contributed by atoms with E-state index in [0.29, 0.717) is 11.4 Å². The number of aryl methyl sites for hydroxylation is 1. The molecule has 0 bridgehead atoms. The van der Waals surface area contributed by atoms with Crippen LogP contribution in [0.15, 0.2) is 108 Å². The van der Waals surface area contributed by atoms with Gasteiger partial charge >= 0.3 is 0 Å². The highest BCUT2D eigenvalue weighted by Crippen LogP contribution is 2.28. The van der Waals surface area contributed by atoms with Crippen molar-refractivity contribution in [1.82, 2.24) is 0 Å². The predicted octanol–water partition coefficient (Wildman–Crippen LogP) is 5.72. The van der Waals surface area contributed by atoms with E-state index in [2.05, 4.69) is 10.0 Å². The molecule has 0 fully saturated rings. The monoisotopic (exact) mass is 442 g/mol. The molecule has 0 radical (unpaired) electrons. The third-order valence-electron chi connectivity index (χ3n) is 4.94. The first-order valence-corrected chi connectivity index (χ1v) is 11.6. The Kier molecular flexibility index (Phi) is 6.05. The lowest BCUT2D eigenvalue weighted by molar-refractivity contribution is 0.102. The van der Waals surface area contributed by atoms with Crippen LogP contribution in [0.1, 0.15) is 15.9 Å². The van der Waals surface area contributed by atoms with Gasteiger partial charge in [-0.25, -0.2) is 8.42 Å². The van der Waals surface area contributed by atoms with Gasteiger partial charge in [0.05, 0.1) is 4.90 Å². The number of hydrogen-bond donors (Lipinski definition) is 2. The standard InChI is InChI=1S/C26H22N2O3S/c1-19-9-7-13-22(17-19)28-32(30,31)23-14-8-12-21(18-23)26(29)27-25-16-6-5-15-24(25)20-10-3-2-4-11-20/h2-18,28H,1H3,(H,27,29). The topological polar surface area (TPSA) is 75.3 Å². The largest absolute Gasteiger partial charge is 0.321 e. The van der Waals surface area contributed by atoms with Crippen molar-refractivity contribution in [2.75, 3.05) is 10.0 Å². The van der Waals surface area contributed by atoms with Crippen LogP contribution in [0.4, 0.5) is 11.4 Å². The zero-order valence-corrected chi connectivity index (χ0v) is 18.3. The second-order valence-corrected chi connectivity index (χ2v) is 9.05. The highest BCUT2D eigenvalue weighted by molar-refractivity contribution is 7.92. The second kappa shape index (κ2) is 9.08. The average Bonchev–Trinajstić information content (AvgIpc) is 2.80. The predicted molar refractivity (Wildman–Crippen MR) is 128 cm³/mol. The maximum absolute atomic E-state index is 13.0. The average molecular weight is 443 g/mol. The Morgan fingerprint density at radius 3 is 2.25 bits per heavy atom. The summed E-state index contributed by atoms with van der Waals surface area (Å²) in [7, 11) is -3.84. The fourth-order valence-corrected chi connectivity index (χ4v) is 4.48. The molecule has 5 nitrogen and oxygen atoms in total. The van der Waals surface area contributed by atoms with Crippen molar-refractivity contribution in [2.24, 2.45) is 0 Å². The van der Waals surface area contributed by atoms with Crippen molar-refractivity contribution in [3.63, 3.8) is 0 Å². The molecule has 0 heterocycles. The summed E-state index contributed by atoms with van der Waals surface area (Å²) in [4.78, 5) is 13.0. The van der Waals surface area contributed by atoms with E-state index in [4.69, 9.17) is 0 Å². The number of carbonyl (C=O) groups excluding carboxylic acids is 1. The normalized spacial score (nSPS) is 11.0. The van der Waals surface area contributed by atoms with E-state index in [1.54, 1.807) is 30.3 Å². The fourth-order valence-electron chi connectivity index (χ4n) is 3.38. The quantitative estimate of drug-likeness (QED) is 0.401. The summed E-state index contributed by atoms with van der Waals surface area (Å²) in [5.41, 5.74) is 4.16. The molecule has 0 aliphatic carbocycles. The number of rotatable bonds is 6. The van der Waals surface area contributed by atoms with Crippen LogP contribution >= 0.6 is 0 Å². The summed E-state index contributed by atoms with van der Waals surface area (Å²) in [6.45, 7) is 1.88. The Bertz CT molecular complexity index is 1370. The SMILES string of the molecule is Cc1cccc(NS(=O)(=O)c2cccc(C(=O)Nc3ccccc3-c3ccccc3)c2)c1. The summed E-state index contributed by atoms with van der Waals surface area (Å²) >= 11 is 0. The van der Waals surface area contributed by atoms with Crippen LogP contribution in [-0.4, -0.2) is 14.3 Å². The molecule has 0 aliphatic heterocycles. The van der Waals surface area contributed by atoms with Gasteiger partial charge in [0.25, 0.3) is 15.9 Å². The lowest BCUT2D eigenvalue weighted by atomic mass is 10.0. The maximum atomic E-state index is 13.0. The molecule has 0 saturated carbocycles. The lowest BCUT2D eigenvalue weighted by Gasteiger charge is -2.13. The Morgan fingerprint density at radius 2 is 1.47 bits per heavy atom. The third-order valence-corrected chi connectivity index (χ3v) is 6.32. The summed E-state index contributed by atoms with van der Waals surface area (Å²) in [6, 6.07) is 30.3. The fraction of sp³-hybridized carbons (Fsp3) is 0.0385. The van der Waals surface area contributed by atoms with Crippen LogP contribution in [0.3, 0.4) is 0 Å². The first kappa shape index (κ1) is 21.3. The number of para-hydroxylation sites is 1. The Balaban J connectivity index is 1.59. The highest BCUT2D eigenvalue weighted by Gasteiger charge is 2.17. The minimum atomic E-state index is -3.84. The van der Waals surface area contributed by atoms with E-state index in [1.807, 2.05) is 67.6 Å². The Labute approximate surface area is 187 Å². The van der Waals surface area contributed by atoms with Crippen LogP contribution < -0.4 is 10.0 Å². The van der Waals surface area contributed by atoms with Gasteiger partial charge in [-0.3, -0.25) is 9.52 Å². The number of carbonyl (C=O) groups is 1. The maximum Gasteiger partial charge on any atom is 0.261 e. The van der Waals surface area contributed by atoms with Crippen molar-refractivity contribution < 1.29 is 13.2 Å². The zero-order valence-electron chi connectivity index (χ0n) is 17.4. The summed E-state index contributed by atoms with van der Waals surface area (Å²) in [6.07, 6.45) is 0. The van der Waals surface area contributed by atoms with E-state index in [0.717, 1.165) is 16.7 Å². The van der Waals surface area contributed by atoms with Gasteiger partial charge in [0.2, 0.25) is 0 Å². The van der Waals surface area contributed by atoms with Crippen LogP contribution in [0, 0.1) is 6.92 Å². The molecule has 4 aromatic carbocycles. The molecule has 0 spiro atoms. The molecule has 2 N–H and O–H groups in total. The molecular formula is C26H22N2O3S. The summed E-state index contributed by atoms with van der Waals surface area (Å²) in [5.74, 6) is -0.388. The molecule has 4 aromatic rings. The Morgan fingerprint density at radius 1 is 0.750 bits per heavy atom. The van der Waals surface area contributed by atoms with E-state index < -0.39 is 10.0 Å². The van der Waals surface area contributed by atoms with Crippen LogP contribution in [0.5, 0.6) is 0 Å². The Hall–Kier alpha value is -3.90. The minimum Gasteiger partial charge on any atom is -0.321 e. The zero-order chi connectivity index (χ0) is 22.6. The van der Waals surface area contributed by atoms with Gasteiger partial charge in [-0.2, -0.15) is 0 Å². The summed E-state index contributed by atoms with van der Waals surface area (Å²) in [5, 5.41) is 2.91. The van der Waals surface area contributed by atoms with Gasteiger partial charge in [0.1, 0.15) is 0 Å². The van der Waals surface area contributed by atoms with Gasteiger partial charge in [-0.1, -0.05) is 66.7 Å². The smallest absolute Gasteiger partial charge is 0.261 e. The molecule has 1 amide bonds. The van der Waals surface area contributed by atoms with Crippen LogP contribution in [0.25, 0.3) is 11.1 Å². The molecule has 0 unspecified atom stereocenters. The lowest BCUT2D eigenvalue weighted by Crippen LogP contribution is -2.16. The van der Waals surface area contributed by atoms with Gasteiger partial charge in [-0.15, -0.1) is 0 Å². The number of sulfonamides is 1. The number of anilines is 2. The number of amides is 1. The van der Waals surface area contributed by atoms with Gasteiger partial charge < -0.3 is 5.32 Å². The molecule has 0 atom stereocenters. The van der Waals surface area contributed by atoms with Crippen molar-refractivity contribution in [3.8, 4) is 11.1 Å². The number of nitrogens with one attached hydrogen (secondary N) is 2. The second-order valence-electron chi connectivity index (χ2n) is 7.37. The molecule has 0 saturated heterocycles. The minimum absolute atomic E-state index is 0.0167. The summed E-state index contributed by atoms with van der Waals surface area (Å²) < 4.78 is 28.2. The van der Waals surface area contributed by atoms with E-state index in [-0.39, 0.29) is 16.4 Å². The first-order chi connectivity index (χ1) is 15.4. The molecule has 0 aliphatic rings. The van der Waals surface area contributed by atoms with Gasteiger partial charge in [-0.05, 0) is 54.4 Å². The molecule has 4 rings (SSSR count). The highest BCUT2D eigenvalue weighted by atomic mass is 32.2. The molecule has 6 heteroatoms. The third kappa shape index (κ3) is 4.87. The van der Waals surface area contributed by atoms with E-state index >= 15 is 0 Å². The number of hydrogen-bond acceptors (Lipinski definition) is 3. The van der Waals surface area contributed by atoms with E-state index in [9.17, 15) is 13.2 Å². The molecule has 32 heavy (non-hydrogen) atoms. The molecular weight excluding hydrogens is 420 g/mol. The van der Waals surface area contributed by atoms with Gasteiger partial charge in [0, 0.05) is 22.5 Å². The van der Waals surface area contributed by atoms with Crippen molar-refractivity contribution in [2.45, 2.75) is 11.8 Å². The van der Waals surface area contributed by atoms with Crippen molar-refractivity contribution in [3.05, 3.63) is 114 Å². The van der Waals surface area contributed by atoms with Gasteiger partial charge in [0.15, 0.2) is 0 Å². The molecule has 160 valence electrons. The van der Waals surface area contributed by atoms with E-state index in [1.165, 1.54) is 12.1 Å². The van der Waals surface area contributed by atoms with Crippen LogP contribution in [-0.2, 0) is 10.0 Å².